The number of hydrogen-bond donors (Lipinski definition) is 1. The van der Waals surface area contributed by atoms with Crippen LogP contribution in [0.1, 0.15) is 24.8 Å². The van der Waals surface area contributed by atoms with Crippen molar-refractivity contribution < 1.29 is 0 Å². The predicted octanol–water partition coefficient (Wildman–Crippen LogP) is 1.95. The van der Waals surface area contributed by atoms with Crippen molar-refractivity contribution in [2.45, 2.75) is 37.8 Å². The summed E-state index contributed by atoms with van der Waals surface area (Å²) in [5.74, 6) is 0. The van der Waals surface area contributed by atoms with Gasteiger partial charge in [0, 0.05) is 24.8 Å². The normalized spacial score (nSPS) is 26.2. The summed E-state index contributed by atoms with van der Waals surface area (Å²) in [6, 6.07) is 5.20. The molecule has 0 aliphatic carbocycles. The zero-order chi connectivity index (χ0) is 13.9. The molecule has 1 unspecified atom stereocenters. The van der Waals surface area contributed by atoms with Crippen LogP contribution in [-0.2, 0) is 6.42 Å². The Morgan fingerprint density at radius 1 is 1.25 bits per heavy atom. The van der Waals surface area contributed by atoms with Crippen LogP contribution in [-0.4, -0.2) is 53.7 Å². The molecule has 110 valence electrons. The molecule has 1 aromatic rings. The van der Waals surface area contributed by atoms with Crippen LogP contribution in [0.25, 0.3) is 0 Å². The summed E-state index contributed by atoms with van der Waals surface area (Å²) < 4.78 is 0. The fourth-order valence-electron chi connectivity index (χ4n) is 3.21. The van der Waals surface area contributed by atoms with Crippen LogP contribution in [0, 0.1) is 0 Å². The maximum atomic E-state index is 5.83. The van der Waals surface area contributed by atoms with Gasteiger partial charge in [0.2, 0.25) is 0 Å². The minimum absolute atomic E-state index is 0.539. The third-order valence-electron chi connectivity index (χ3n) is 4.47. The van der Waals surface area contributed by atoms with Crippen molar-refractivity contribution in [2.75, 3.05) is 26.7 Å². The van der Waals surface area contributed by atoms with Crippen molar-refractivity contribution in [1.82, 2.24) is 20.3 Å². The quantitative estimate of drug-likeness (QED) is 0.864. The van der Waals surface area contributed by atoms with Gasteiger partial charge in [-0.1, -0.05) is 17.7 Å². The number of nitrogens with zero attached hydrogens (tertiary/aromatic N) is 3. The highest BCUT2D eigenvalue weighted by molar-refractivity contribution is 6.29. The molecule has 4 nitrogen and oxygen atoms in total. The molecule has 20 heavy (non-hydrogen) atoms. The average molecular weight is 295 g/mol. The molecule has 1 N–H and O–H groups in total. The fraction of sp³-hybridized carbons (Fsp3) is 0.667. The summed E-state index contributed by atoms with van der Waals surface area (Å²) in [7, 11) is 2.21. The number of aromatic nitrogens is 1. The van der Waals surface area contributed by atoms with Gasteiger partial charge in [-0.3, -0.25) is 5.43 Å². The molecule has 2 aliphatic rings. The smallest absolute Gasteiger partial charge is 0.129 e. The highest BCUT2D eigenvalue weighted by Gasteiger charge is 2.29. The molecule has 2 fully saturated rings. The van der Waals surface area contributed by atoms with Gasteiger partial charge in [-0.2, -0.15) is 0 Å². The summed E-state index contributed by atoms with van der Waals surface area (Å²) in [5, 5.41) is 3.04. The number of pyridine rings is 1. The molecule has 0 amide bonds. The largest absolute Gasteiger partial charge is 0.306 e. The zero-order valence-electron chi connectivity index (χ0n) is 12.1. The van der Waals surface area contributed by atoms with Crippen LogP contribution in [0.5, 0.6) is 0 Å². The number of hydrogen-bond acceptors (Lipinski definition) is 4. The Morgan fingerprint density at radius 3 is 2.75 bits per heavy atom. The molecule has 2 saturated heterocycles. The van der Waals surface area contributed by atoms with E-state index < -0.39 is 0 Å². The van der Waals surface area contributed by atoms with Gasteiger partial charge < -0.3 is 4.90 Å². The van der Waals surface area contributed by atoms with Crippen molar-refractivity contribution >= 4 is 11.6 Å². The number of nitrogens with one attached hydrogen (secondary N) is 1. The second kappa shape index (κ2) is 6.39. The van der Waals surface area contributed by atoms with Crippen molar-refractivity contribution in [1.29, 1.82) is 0 Å². The molecular weight excluding hydrogens is 272 g/mol. The third-order valence-corrected chi connectivity index (χ3v) is 4.69. The van der Waals surface area contributed by atoms with Gasteiger partial charge in [0.15, 0.2) is 0 Å². The lowest BCUT2D eigenvalue weighted by molar-refractivity contribution is 0.0989. The van der Waals surface area contributed by atoms with Crippen LogP contribution in [0.2, 0.25) is 5.15 Å². The van der Waals surface area contributed by atoms with E-state index in [-0.39, 0.29) is 0 Å². The van der Waals surface area contributed by atoms with Crippen LogP contribution in [0.3, 0.4) is 0 Å². The summed E-state index contributed by atoms with van der Waals surface area (Å²) in [5.41, 5.74) is 4.95. The molecule has 0 bridgehead atoms. The van der Waals surface area contributed by atoms with Gasteiger partial charge in [-0.05, 0) is 57.5 Å². The first-order valence-corrected chi connectivity index (χ1v) is 7.90. The van der Waals surface area contributed by atoms with Crippen LogP contribution in [0.4, 0.5) is 0 Å². The molecule has 0 saturated carbocycles. The standard InChI is InChI=1S/C15H23ClN4/c1-19-7-5-14(6-8-19)20-9-4-13(18-20)10-12-2-3-15(16)17-11-12/h2-3,11,13-14,18H,4-10H2,1H3. The topological polar surface area (TPSA) is 31.4 Å². The zero-order valence-corrected chi connectivity index (χ0v) is 12.8. The van der Waals surface area contributed by atoms with Crippen molar-refractivity contribution in [3.8, 4) is 0 Å². The maximum absolute atomic E-state index is 5.83. The Bertz CT molecular complexity index is 428. The average Bonchev–Trinajstić information content (AvgIpc) is 2.91. The molecule has 2 aliphatic heterocycles. The van der Waals surface area contributed by atoms with E-state index in [9.17, 15) is 0 Å². The van der Waals surface area contributed by atoms with Crippen LogP contribution < -0.4 is 5.43 Å². The first-order valence-electron chi connectivity index (χ1n) is 7.52. The summed E-state index contributed by atoms with van der Waals surface area (Å²) in [6.07, 6.45) is 6.70. The molecule has 1 aromatic heterocycles. The second-order valence-electron chi connectivity index (χ2n) is 6.04. The van der Waals surface area contributed by atoms with Gasteiger partial charge in [0.1, 0.15) is 5.15 Å². The van der Waals surface area contributed by atoms with Crippen LogP contribution >= 0.6 is 11.6 Å². The summed E-state index contributed by atoms with van der Waals surface area (Å²) in [6.45, 7) is 3.60. The van der Waals surface area contributed by atoms with E-state index in [1.807, 2.05) is 12.3 Å². The summed E-state index contributed by atoms with van der Waals surface area (Å²) >= 11 is 5.83. The monoisotopic (exact) mass is 294 g/mol. The number of piperidine rings is 1. The van der Waals surface area contributed by atoms with E-state index in [1.165, 1.54) is 44.5 Å². The van der Waals surface area contributed by atoms with Crippen LogP contribution in [0.15, 0.2) is 18.3 Å². The van der Waals surface area contributed by atoms with Gasteiger partial charge in [0.05, 0.1) is 0 Å². The third kappa shape index (κ3) is 3.50. The van der Waals surface area contributed by atoms with Gasteiger partial charge in [0.25, 0.3) is 0 Å². The van der Waals surface area contributed by atoms with E-state index in [0.717, 1.165) is 6.42 Å². The fourth-order valence-corrected chi connectivity index (χ4v) is 3.32. The lowest BCUT2D eigenvalue weighted by Crippen LogP contribution is -2.48. The Morgan fingerprint density at radius 2 is 2.05 bits per heavy atom. The number of halogens is 1. The Labute approximate surface area is 126 Å². The van der Waals surface area contributed by atoms with E-state index >= 15 is 0 Å². The van der Waals surface area contributed by atoms with Crippen molar-refractivity contribution in [2.24, 2.45) is 0 Å². The van der Waals surface area contributed by atoms with Gasteiger partial charge in [-0.15, -0.1) is 0 Å². The van der Waals surface area contributed by atoms with E-state index in [4.69, 9.17) is 11.6 Å². The first-order chi connectivity index (χ1) is 9.70. The lowest BCUT2D eigenvalue weighted by Gasteiger charge is -2.35. The SMILES string of the molecule is CN1CCC(N2CCC(Cc3ccc(Cl)nc3)N2)CC1. The number of hydrazine groups is 1. The molecule has 1 atom stereocenters. The lowest BCUT2D eigenvalue weighted by atomic mass is 10.1. The molecule has 5 heteroatoms. The van der Waals surface area contributed by atoms with Crippen molar-refractivity contribution in [3.05, 3.63) is 29.0 Å². The second-order valence-corrected chi connectivity index (χ2v) is 6.42. The number of likely N-dealkylation sites (tertiary alicyclic amines) is 1. The molecule has 3 heterocycles. The van der Waals surface area contributed by atoms with Crippen molar-refractivity contribution in [3.63, 3.8) is 0 Å². The highest BCUT2D eigenvalue weighted by atomic mass is 35.5. The van der Waals surface area contributed by atoms with Gasteiger partial charge >= 0.3 is 0 Å². The molecule has 0 radical (unpaired) electrons. The van der Waals surface area contributed by atoms with Gasteiger partial charge in [-0.25, -0.2) is 9.99 Å². The number of rotatable bonds is 3. The molecule has 0 aromatic carbocycles. The molecule has 3 rings (SSSR count). The summed E-state index contributed by atoms with van der Waals surface area (Å²) in [4.78, 5) is 6.58. The Hall–Kier alpha value is -0.680. The molecular formula is C15H23ClN4. The Kier molecular flexibility index (Phi) is 4.56. The Balaban J connectivity index is 1.50. The minimum atomic E-state index is 0.539. The first kappa shape index (κ1) is 14.3. The highest BCUT2D eigenvalue weighted by Crippen LogP contribution is 2.20. The van der Waals surface area contributed by atoms with E-state index in [1.54, 1.807) is 0 Å². The van der Waals surface area contributed by atoms with E-state index in [2.05, 4.69) is 33.4 Å². The molecule has 0 spiro atoms. The minimum Gasteiger partial charge on any atom is -0.306 e. The maximum Gasteiger partial charge on any atom is 0.129 e. The van der Waals surface area contributed by atoms with E-state index in [0.29, 0.717) is 17.2 Å². The predicted molar refractivity (Wildman–Crippen MR) is 81.7 cm³/mol.